The van der Waals surface area contributed by atoms with Crippen LogP contribution in [-0.4, -0.2) is 38.5 Å². The fourth-order valence-electron chi connectivity index (χ4n) is 2.61. The number of carbonyl (C=O) groups excluding carboxylic acids is 2. The third-order valence-corrected chi connectivity index (χ3v) is 5.89. The van der Waals surface area contributed by atoms with Gasteiger partial charge in [0.05, 0.1) is 10.6 Å². The van der Waals surface area contributed by atoms with Crippen molar-refractivity contribution in [2.24, 2.45) is 0 Å². The molecule has 3 rings (SSSR count). The summed E-state index contributed by atoms with van der Waals surface area (Å²) in [6, 6.07) is 13.5. The van der Waals surface area contributed by atoms with E-state index in [1.165, 1.54) is 11.8 Å². The average molecular weight is 431 g/mol. The SMILES string of the molecule is CCn1c(SCC(=O)OC(C)C(=O)NCc2ccccc2)nnc1-c1cccs1. The molecule has 152 valence electrons. The van der Waals surface area contributed by atoms with Gasteiger partial charge in [-0.1, -0.05) is 48.2 Å². The molecule has 0 saturated heterocycles. The van der Waals surface area contributed by atoms with E-state index in [9.17, 15) is 9.59 Å². The van der Waals surface area contributed by atoms with Gasteiger partial charge in [-0.2, -0.15) is 0 Å². The van der Waals surface area contributed by atoms with Gasteiger partial charge in [-0.05, 0) is 30.9 Å². The standard InChI is InChI=1S/C20H22N4O3S2/c1-3-24-18(16-10-7-11-28-16)22-23-20(24)29-13-17(25)27-14(2)19(26)21-12-15-8-5-4-6-9-15/h4-11,14H,3,12-13H2,1-2H3,(H,21,26). The Kier molecular flexibility index (Phi) is 7.42. The van der Waals surface area contributed by atoms with E-state index in [4.69, 9.17) is 4.74 Å². The molecule has 29 heavy (non-hydrogen) atoms. The Labute approximate surface area is 177 Å². The Bertz CT molecular complexity index is 942. The third kappa shape index (κ3) is 5.68. The third-order valence-electron chi connectivity index (χ3n) is 4.08. The minimum atomic E-state index is -0.863. The number of aromatic nitrogens is 3. The number of ether oxygens (including phenoxy) is 1. The average Bonchev–Trinajstić information content (AvgIpc) is 3.40. The first-order valence-electron chi connectivity index (χ1n) is 9.19. The first kappa shape index (κ1) is 21.1. The van der Waals surface area contributed by atoms with Crippen LogP contribution in [0.4, 0.5) is 0 Å². The van der Waals surface area contributed by atoms with Gasteiger partial charge in [0.1, 0.15) is 0 Å². The first-order valence-corrected chi connectivity index (χ1v) is 11.1. The summed E-state index contributed by atoms with van der Waals surface area (Å²) in [6.07, 6.45) is -0.863. The Morgan fingerprint density at radius 1 is 1.21 bits per heavy atom. The van der Waals surface area contributed by atoms with Crippen molar-refractivity contribution in [3.8, 4) is 10.7 Å². The maximum Gasteiger partial charge on any atom is 0.317 e. The number of amides is 1. The van der Waals surface area contributed by atoms with E-state index < -0.39 is 12.1 Å². The molecule has 9 heteroatoms. The van der Waals surface area contributed by atoms with Crippen LogP contribution in [0, 0.1) is 0 Å². The van der Waals surface area contributed by atoms with E-state index in [0.717, 1.165) is 16.3 Å². The van der Waals surface area contributed by atoms with Crippen molar-refractivity contribution in [2.45, 2.75) is 38.2 Å². The van der Waals surface area contributed by atoms with E-state index in [0.29, 0.717) is 18.2 Å². The van der Waals surface area contributed by atoms with Crippen LogP contribution in [-0.2, 0) is 27.4 Å². The van der Waals surface area contributed by atoms with Crippen molar-refractivity contribution in [1.82, 2.24) is 20.1 Å². The smallest absolute Gasteiger partial charge is 0.317 e. The number of rotatable bonds is 9. The molecule has 3 aromatic rings. The minimum absolute atomic E-state index is 0.0544. The molecule has 0 radical (unpaired) electrons. The zero-order valence-electron chi connectivity index (χ0n) is 16.2. The van der Waals surface area contributed by atoms with Crippen LogP contribution in [0.15, 0.2) is 53.0 Å². The van der Waals surface area contributed by atoms with E-state index in [1.54, 1.807) is 18.3 Å². The van der Waals surface area contributed by atoms with Gasteiger partial charge in [0, 0.05) is 13.1 Å². The van der Waals surface area contributed by atoms with Crippen LogP contribution in [0.3, 0.4) is 0 Å². The maximum atomic E-state index is 12.2. The van der Waals surface area contributed by atoms with Crippen LogP contribution in [0.1, 0.15) is 19.4 Å². The summed E-state index contributed by atoms with van der Waals surface area (Å²) in [5.74, 6) is 0.0374. The summed E-state index contributed by atoms with van der Waals surface area (Å²) < 4.78 is 7.21. The van der Waals surface area contributed by atoms with Gasteiger partial charge in [0.15, 0.2) is 17.1 Å². The number of carbonyl (C=O) groups is 2. The number of esters is 1. The fraction of sp³-hybridized carbons (Fsp3) is 0.300. The van der Waals surface area contributed by atoms with Gasteiger partial charge in [-0.15, -0.1) is 21.5 Å². The largest absolute Gasteiger partial charge is 0.452 e. The number of thioether (sulfide) groups is 1. The van der Waals surface area contributed by atoms with Crippen LogP contribution in [0.5, 0.6) is 0 Å². The summed E-state index contributed by atoms with van der Waals surface area (Å²) in [6.45, 7) is 4.64. The topological polar surface area (TPSA) is 86.1 Å². The summed E-state index contributed by atoms with van der Waals surface area (Å²) >= 11 is 2.84. The summed E-state index contributed by atoms with van der Waals surface area (Å²) in [5.41, 5.74) is 0.982. The molecule has 1 N–H and O–H groups in total. The van der Waals surface area contributed by atoms with Crippen molar-refractivity contribution in [1.29, 1.82) is 0 Å². The highest BCUT2D eigenvalue weighted by molar-refractivity contribution is 7.99. The molecule has 0 aliphatic rings. The second-order valence-corrected chi connectivity index (χ2v) is 8.04. The molecule has 1 atom stereocenters. The number of hydrogen-bond donors (Lipinski definition) is 1. The predicted octanol–water partition coefficient (Wildman–Crippen LogP) is 3.37. The molecule has 0 fully saturated rings. The van der Waals surface area contributed by atoms with E-state index in [1.807, 2.05) is 59.3 Å². The zero-order chi connectivity index (χ0) is 20.6. The van der Waals surface area contributed by atoms with Gasteiger partial charge in [-0.3, -0.25) is 9.59 Å². The molecule has 2 heterocycles. The summed E-state index contributed by atoms with van der Waals surface area (Å²) in [7, 11) is 0. The summed E-state index contributed by atoms with van der Waals surface area (Å²) in [4.78, 5) is 25.3. The van der Waals surface area contributed by atoms with Crippen LogP contribution >= 0.6 is 23.1 Å². The number of thiophene rings is 1. The molecule has 0 saturated carbocycles. The number of hydrogen-bond acceptors (Lipinski definition) is 7. The fourth-order valence-corrected chi connectivity index (χ4v) is 4.11. The monoisotopic (exact) mass is 430 g/mol. The normalized spacial score (nSPS) is 11.8. The first-order chi connectivity index (χ1) is 14.1. The number of benzene rings is 1. The summed E-state index contributed by atoms with van der Waals surface area (Å²) in [5, 5.41) is 13.8. The predicted molar refractivity (Wildman–Crippen MR) is 114 cm³/mol. The van der Waals surface area contributed by atoms with E-state index in [2.05, 4.69) is 15.5 Å². The quantitative estimate of drug-likeness (QED) is 0.414. The minimum Gasteiger partial charge on any atom is -0.452 e. The lowest BCUT2D eigenvalue weighted by molar-refractivity contribution is -0.152. The molecule has 1 unspecified atom stereocenters. The van der Waals surface area contributed by atoms with Crippen LogP contribution < -0.4 is 5.32 Å². The van der Waals surface area contributed by atoms with Crippen LogP contribution in [0.2, 0.25) is 0 Å². The highest BCUT2D eigenvalue weighted by Crippen LogP contribution is 2.27. The van der Waals surface area contributed by atoms with Gasteiger partial charge in [0.2, 0.25) is 0 Å². The Hall–Kier alpha value is -2.65. The molecular weight excluding hydrogens is 408 g/mol. The molecule has 1 aromatic carbocycles. The van der Waals surface area contributed by atoms with E-state index in [-0.39, 0.29) is 11.7 Å². The molecule has 1 amide bonds. The Morgan fingerprint density at radius 2 is 2.00 bits per heavy atom. The lowest BCUT2D eigenvalue weighted by atomic mass is 10.2. The molecule has 0 bridgehead atoms. The highest BCUT2D eigenvalue weighted by Gasteiger charge is 2.19. The van der Waals surface area contributed by atoms with Crippen molar-refractivity contribution < 1.29 is 14.3 Å². The second kappa shape index (κ2) is 10.2. The van der Waals surface area contributed by atoms with Gasteiger partial charge in [-0.25, -0.2) is 0 Å². The molecule has 0 aliphatic heterocycles. The van der Waals surface area contributed by atoms with Crippen LogP contribution in [0.25, 0.3) is 10.7 Å². The Balaban J connectivity index is 1.49. The van der Waals surface area contributed by atoms with Gasteiger partial charge >= 0.3 is 5.97 Å². The molecule has 0 aliphatic carbocycles. The van der Waals surface area contributed by atoms with Crippen molar-refractivity contribution >= 4 is 35.0 Å². The number of nitrogens with zero attached hydrogens (tertiary/aromatic N) is 3. The van der Waals surface area contributed by atoms with Gasteiger partial charge in [0.25, 0.3) is 5.91 Å². The maximum absolute atomic E-state index is 12.2. The van der Waals surface area contributed by atoms with Gasteiger partial charge < -0.3 is 14.6 Å². The van der Waals surface area contributed by atoms with Crippen molar-refractivity contribution in [2.75, 3.05) is 5.75 Å². The molecule has 2 aromatic heterocycles. The lowest BCUT2D eigenvalue weighted by Crippen LogP contribution is -2.35. The molecule has 0 spiro atoms. The number of nitrogens with one attached hydrogen (secondary N) is 1. The molecular formula is C20H22N4O3S2. The van der Waals surface area contributed by atoms with Crippen molar-refractivity contribution in [3.05, 3.63) is 53.4 Å². The van der Waals surface area contributed by atoms with Crippen molar-refractivity contribution in [3.63, 3.8) is 0 Å². The lowest BCUT2D eigenvalue weighted by Gasteiger charge is -2.13. The van der Waals surface area contributed by atoms with E-state index >= 15 is 0 Å². The zero-order valence-corrected chi connectivity index (χ0v) is 17.8. The molecule has 7 nitrogen and oxygen atoms in total. The Morgan fingerprint density at radius 3 is 2.69 bits per heavy atom. The second-order valence-electron chi connectivity index (χ2n) is 6.15. The highest BCUT2D eigenvalue weighted by atomic mass is 32.2.